The Labute approximate surface area is 137 Å². The van der Waals surface area contributed by atoms with Gasteiger partial charge in [0.15, 0.2) is 9.84 Å². The molecule has 0 aliphatic rings. The van der Waals surface area contributed by atoms with Gasteiger partial charge in [-0.05, 0) is 31.0 Å². The number of sulfone groups is 1. The molecule has 0 aliphatic heterocycles. The number of amides is 2. The number of carbonyl (C=O) groups excluding carboxylic acids is 2. The molecular weight excluding hydrogens is 316 g/mol. The van der Waals surface area contributed by atoms with E-state index in [1.54, 1.807) is 24.3 Å². The van der Waals surface area contributed by atoms with Crippen LogP contribution in [0.2, 0.25) is 0 Å². The first-order chi connectivity index (χ1) is 10.8. The van der Waals surface area contributed by atoms with Gasteiger partial charge in [-0.25, -0.2) is 8.42 Å². The van der Waals surface area contributed by atoms with Crippen molar-refractivity contribution in [2.24, 2.45) is 0 Å². The molecule has 1 aromatic rings. The molecule has 128 valence electrons. The van der Waals surface area contributed by atoms with E-state index in [0.29, 0.717) is 12.1 Å². The predicted octanol–water partition coefficient (Wildman–Crippen LogP) is 1.27. The van der Waals surface area contributed by atoms with Crippen LogP contribution in [0.1, 0.15) is 42.6 Å². The van der Waals surface area contributed by atoms with Crippen molar-refractivity contribution in [2.45, 2.75) is 38.5 Å². The van der Waals surface area contributed by atoms with Crippen molar-refractivity contribution >= 4 is 21.7 Å². The molecule has 0 radical (unpaired) electrons. The van der Waals surface area contributed by atoms with Crippen molar-refractivity contribution in [1.82, 2.24) is 10.6 Å². The lowest BCUT2D eigenvalue weighted by molar-refractivity contribution is -0.120. The van der Waals surface area contributed by atoms with E-state index in [4.69, 9.17) is 0 Å². The SMILES string of the molecule is CCCCNC(=O)c1ccc(CNC(=O)[C@H](C)S(C)(=O)=O)cc1. The molecule has 0 saturated heterocycles. The highest BCUT2D eigenvalue weighted by Gasteiger charge is 2.22. The van der Waals surface area contributed by atoms with Gasteiger partial charge in [0.05, 0.1) is 0 Å². The quantitative estimate of drug-likeness (QED) is 0.697. The van der Waals surface area contributed by atoms with Crippen LogP contribution in [0.5, 0.6) is 0 Å². The fraction of sp³-hybridized carbons (Fsp3) is 0.500. The van der Waals surface area contributed by atoms with Gasteiger partial charge in [-0.3, -0.25) is 9.59 Å². The Balaban J connectivity index is 2.54. The molecule has 0 saturated carbocycles. The van der Waals surface area contributed by atoms with Crippen molar-refractivity contribution in [1.29, 1.82) is 0 Å². The highest BCUT2D eigenvalue weighted by Crippen LogP contribution is 2.05. The Morgan fingerprint density at radius 2 is 1.74 bits per heavy atom. The van der Waals surface area contributed by atoms with E-state index in [2.05, 4.69) is 17.6 Å². The molecule has 0 spiro atoms. The fourth-order valence-corrected chi connectivity index (χ4v) is 2.25. The average molecular weight is 340 g/mol. The van der Waals surface area contributed by atoms with Crippen LogP contribution in [0.3, 0.4) is 0 Å². The lowest BCUT2D eigenvalue weighted by Gasteiger charge is -2.11. The van der Waals surface area contributed by atoms with Crippen LogP contribution in [-0.4, -0.2) is 38.3 Å². The summed E-state index contributed by atoms with van der Waals surface area (Å²) in [7, 11) is -3.40. The summed E-state index contributed by atoms with van der Waals surface area (Å²) in [5.74, 6) is -0.659. The molecule has 6 nitrogen and oxygen atoms in total. The zero-order valence-corrected chi connectivity index (χ0v) is 14.6. The molecule has 2 N–H and O–H groups in total. The number of unbranched alkanes of at least 4 members (excludes halogenated alkanes) is 1. The molecule has 23 heavy (non-hydrogen) atoms. The molecule has 0 heterocycles. The molecule has 2 amide bonds. The second-order valence-corrected chi connectivity index (χ2v) is 7.86. The highest BCUT2D eigenvalue weighted by atomic mass is 32.2. The Kier molecular flexibility index (Phi) is 7.22. The van der Waals surface area contributed by atoms with Gasteiger partial charge >= 0.3 is 0 Å². The summed E-state index contributed by atoms with van der Waals surface area (Å²) in [6.45, 7) is 4.28. The van der Waals surface area contributed by atoms with Crippen LogP contribution in [0.4, 0.5) is 0 Å². The van der Waals surface area contributed by atoms with Gasteiger partial charge in [-0.15, -0.1) is 0 Å². The van der Waals surface area contributed by atoms with E-state index < -0.39 is 21.0 Å². The molecular formula is C16H24N2O4S. The molecule has 0 unspecified atom stereocenters. The minimum atomic E-state index is -3.40. The molecule has 1 rings (SSSR count). The summed E-state index contributed by atoms with van der Waals surface area (Å²) in [5.41, 5.74) is 1.35. The number of carbonyl (C=O) groups is 2. The lowest BCUT2D eigenvalue weighted by Crippen LogP contribution is -2.37. The lowest BCUT2D eigenvalue weighted by atomic mass is 10.1. The molecule has 0 aliphatic carbocycles. The van der Waals surface area contributed by atoms with Crippen LogP contribution in [0.15, 0.2) is 24.3 Å². The van der Waals surface area contributed by atoms with Gasteiger partial charge in [0.25, 0.3) is 5.91 Å². The third kappa shape index (κ3) is 6.40. The second kappa shape index (κ2) is 8.67. The van der Waals surface area contributed by atoms with E-state index in [-0.39, 0.29) is 12.5 Å². The maximum absolute atomic E-state index is 11.8. The molecule has 0 fully saturated rings. The normalized spacial score (nSPS) is 12.5. The Hall–Kier alpha value is -1.89. The first kappa shape index (κ1) is 19.2. The number of rotatable bonds is 8. The number of benzene rings is 1. The maximum Gasteiger partial charge on any atom is 0.251 e. The molecule has 0 aromatic heterocycles. The van der Waals surface area contributed by atoms with Gasteiger partial charge in [-0.1, -0.05) is 25.5 Å². The first-order valence-corrected chi connectivity index (χ1v) is 9.55. The minimum Gasteiger partial charge on any atom is -0.352 e. The van der Waals surface area contributed by atoms with Gasteiger partial charge in [0, 0.05) is 24.9 Å². The summed E-state index contributed by atoms with van der Waals surface area (Å²) < 4.78 is 22.6. The van der Waals surface area contributed by atoms with Crippen molar-refractivity contribution < 1.29 is 18.0 Å². The largest absolute Gasteiger partial charge is 0.352 e. The zero-order valence-electron chi connectivity index (χ0n) is 13.8. The molecule has 1 aromatic carbocycles. The van der Waals surface area contributed by atoms with Crippen LogP contribution < -0.4 is 10.6 Å². The zero-order chi connectivity index (χ0) is 17.5. The van der Waals surface area contributed by atoms with Crippen molar-refractivity contribution in [2.75, 3.05) is 12.8 Å². The van der Waals surface area contributed by atoms with Crippen LogP contribution >= 0.6 is 0 Å². The Bertz CT molecular complexity index is 639. The second-order valence-electron chi connectivity index (χ2n) is 5.50. The van der Waals surface area contributed by atoms with Crippen molar-refractivity contribution in [3.8, 4) is 0 Å². The van der Waals surface area contributed by atoms with E-state index in [1.165, 1.54) is 6.92 Å². The first-order valence-electron chi connectivity index (χ1n) is 7.59. The molecule has 7 heteroatoms. The smallest absolute Gasteiger partial charge is 0.251 e. The number of hydrogen-bond acceptors (Lipinski definition) is 4. The van der Waals surface area contributed by atoms with E-state index >= 15 is 0 Å². The maximum atomic E-state index is 11.8. The summed E-state index contributed by atoms with van der Waals surface area (Å²) in [4.78, 5) is 23.6. The van der Waals surface area contributed by atoms with Crippen LogP contribution in [-0.2, 0) is 21.2 Å². The number of hydrogen-bond donors (Lipinski definition) is 2. The van der Waals surface area contributed by atoms with E-state index in [9.17, 15) is 18.0 Å². The Morgan fingerprint density at radius 3 is 2.26 bits per heavy atom. The van der Waals surface area contributed by atoms with E-state index in [1.807, 2.05) is 0 Å². The third-order valence-electron chi connectivity index (χ3n) is 3.51. The monoisotopic (exact) mass is 340 g/mol. The van der Waals surface area contributed by atoms with Gasteiger partial charge in [0.1, 0.15) is 5.25 Å². The summed E-state index contributed by atoms with van der Waals surface area (Å²) in [6, 6.07) is 6.84. The average Bonchev–Trinajstić information content (AvgIpc) is 2.51. The van der Waals surface area contributed by atoms with Gasteiger partial charge in [0.2, 0.25) is 5.91 Å². The van der Waals surface area contributed by atoms with Crippen molar-refractivity contribution in [3.63, 3.8) is 0 Å². The van der Waals surface area contributed by atoms with Crippen LogP contribution in [0, 0.1) is 0 Å². The van der Waals surface area contributed by atoms with Crippen molar-refractivity contribution in [3.05, 3.63) is 35.4 Å². The summed E-state index contributed by atoms with van der Waals surface area (Å²) in [6.07, 6.45) is 2.99. The molecule has 1 atom stereocenters. The van der Waals surface area contributed by atoms with Gasteiger partial charge in [-0.2, -0.15) is 0 Å². The predicted molar refractivity (Wildman–Crippen MR) is 89.8 cm³/mol. The minimum absolute atomic E-state index is 0.125. The number of nitrogens with one attached hydrogen (secondary N) is 2. The molecule has 0 bridgehead atoms. The highest BCUT2D eigenvalue weighted by molar-refractivity contribution is 7.92. The third-order valence-corrected chi connectivity index (χ3v) is 5.01. The van der Waals surface area contributed by atoms with E-state index in [0.717, 1.165) is 24.7 Å². The standard InChI is InChI=1S/C16H24N2O4S/c1-4-5-10-17-16(20)14-8-6-13(7-9-14)11-18-15(19)12(2)23(3,21)22/h6-9,12H,4-5,10-11H2,1-3H3,(H,17,20)(H,18,19)/t12-/m0/s1. The van der Waals surface area contributed by atoms with Gasteiger partial charge < -0.3 is 10.6 Å². The fourth-order valence-electron chi connectivity index (χ4n) is 1.78. The summed E-state index contributed by atoms with van der Waals surface area (Å²) in [5, 5.41) is 4.33. The topological polar surface area (TPSA) is 92.3 Å². The Morgan fingerprint density at radius 1 is 1.13 bits per heavy atom. The van der Waals surface area contributed by atoms with Crippen LogP contribution in [0.25, 0.3) is 0 Å². The summed E-state index contributed by atoms with van der Waals surface area (Å²) >= 11 is 0.